The summed E-state index contributed by atoms with van der Waals surface area (Å²) in [6.07, 6.45) is 6.88. The van der Waals surface area contributed by atoms with Crippen molar-refractivity contribution in [1.82, 2.24) is 0 Å². The lowest BCUT2D eigenvalue weighted by Crippen LogP contribution is -2.00. The van der Waals surface area contributed by atoms with Gasteiger partial charge in [0.25, 0.3) is 0 Å². The summed E-state index contributed by atoms with van der Waals surface area (Å²) in [5, 5.41) is 4.09. The Morgan fingerprint density at radius 1 is 0.844 bits per heavy atom. The number of aryl methyl sites for hydroxylation is 1. The van der Waals surface area contributed by atoms with Crippen molar-refractivity contribution in [3.05, 3.63) is 112 Å². The van der Waals surface area contributed by atoms with Gasteiger partial charge in [0.05, 0.1) is 0 Å². The van der Waals surface area contributed by atoms with Gasteiger partial charge >= 0.3 is 0 Å². The second-order valence-corrected chi connectivity index (χ2v) is 10.00. The van der Waals surface area contributed by atoms with Gasteiger partial charge in [-0.1, -0.05) is 85.8 Å². The van der Waals surface area contributed by atoms with Crippen molar-refractivity contribution in [2.75, 3.05) is 0 Å². The van der Waals surface area contributed by atoms with Crippen molar-refractivity contribution in [2.45, 2.75) is 32.6 Å². The van der Waals surface area contributed by atoms with Crippen molar-refractivity contribution in [2.24, 2.45) is 0 Å². The van der Waals surface area contributed by atoms with Crippen LogP contribution in [0.5, 0.6) is 0 Å². The fourth-order valence-corrected chi connectivity index (χ4v) is 6.59. The van der Waals surface area contributed by atoms with E-state index in [-0.39, 0.29) is 0 Å². The first-order valence-electron chi connectivity index (χ1n) is 11.5. The molecule has 1 heteroatoms. The van der Waals surface area contributed by atoms with Gasteiger partial charge in [-0.3, -0.25) is 0 Å². The number of rotatable bonds is 3. The van der Waals surface area contributed by atoms with E-state index < -0.39 is 0 Å². The van der Waals surface area contributed by atoms with Gasteiger partial charge in [-0.15, -0.1) is 11.3 Å². The van der Waals surface area contributed by atoms with E-state index in [2.05, 4.69) is 105 Å². The van der Waals surface area contributed by atoms with Gasteiger partial charge in [0.1, 0.15) is 0 Å². The summed E-state index contributed by atoms with van der Waals surface area (Å²) in [5.41, 5.74) is 8.45. The van der Waals surface area contributed by atoms with Crippen LogP contribution in [0.4, 0.5) is 0 Å². The molecule has 0 nitrogen and oxygen atoms in total. The van der Waals surface area contributed by atoms with Crippen molar-refractivity contribution in [3.8, 4) is 11.1 Å². The smallest absolute Gasteiger partial charge is 0.0348 e. The predicted octanol–water partition coefficient (Wildman–Crippen LogP) is 9.14. The Balaban J connectivity index is 1.49. The molecule has 1 aliphatic carbocycles. The minimum absolute atomic E-state index is 0.378. The minimum atomic E-state index is 0.378. The van der Waals surface area contributed by atoms with E-state index in [1.165, 1.54) is 59.1 Å². The number of fused-ring (bicyclic) bond motifs is 4. The molecule has 0 unspecified atom stereocenters. The normalized spacial score (nSPS) is 14.1. The van der Waals surface area contributed by atoms with Crippen molar-refractivity contribution < 1.29 is 0 Å². The molecule has 5 aromatic rings. The highest BCUT2D eigenvalue weighted by Crippen LogP contribution is 2.41. The zero-order valence-electron chi connectivity index (χ0n) is 18.6. The van der Waals surface area contributed by atoms with E-state index in [1.54, 1.807) is 0 Å². The van der Waals surface area contributed by atoms with E-state index in [0.717, 1.165) is 12.8 Å². The first-order valence-corrected chi connectivity index (χ1v) is 12.3. The van der Waals surface area contributed by atoms with Gasteiger partial charge in [-0.05, 0) is 81.4 Å². The molecule has 1 aromatic heterocycles. The lowest BCUT2D eigenvalue weighted by Gasteiger charge is -2.20. The van der Waals surface area contributed by atoms with Crippen LogP contribution in [0, 0.1) is 6.92 Å². The summed E-state index contributed by atoms with van der Waals surface area (Å²) < 4.78 is 1.39. The zero-order chi connectivity index (χ0) is 21.7. The van der Waals surface area contributed by atoms with Crippen LogP contribution < -0.4 is 0 Å². The van der Waals surface area contributed by atoms with Crippen molar-refractivity contribution in [3.63, 3.8) is 0 Å². The SMILES string of the molecule is Cc1c([C@@H](C)c2cccc(-c3cc4ccccc4c4c3CCC=C4)c2)sc2ccccc12. The Hall–Kier alpha value is -3.16. The van der Waals surface area contributed by atoms with Crippen LogP contribution in [0.15, 0.2) is 84.9 Å². The molecule has 4 aromatic carbocycles. The van der Waals surface area contributed by atoms with E-state index in [1.807, 2.05) is 11.3 Å². The topological polar surface area (TPSA) is 0 Å². The Kier molecular flexibility index (Phi) is 4.73. The molecule has 1 aliphatic rings. The summed E-state index contributed by atoms with van der Waals surface area (Å²) in [5.74, 6) is 0.378. The van der Waals surface area contributed by atoms with E-state index in [4.69, 9.17) is 0 Å². The Morgan fingerprint density at radius 3 is 2.53 bits per heavy atom. The van der Waals surface area contributed by atoms with Crippen LogP contribution >= 0.6 is 11.3 Å². The molecule has 0 aliphatic heterocycles. The third kappa shape index (κ3) is 3.12. The van der Waals surface area contributed by atoms with Gasteiger partial charge in [-0.25, -0.2) is 0 Å². The molecule has 0 fully saturated rings. The fourth-order valence-electron chi connectivity index (χ4n) is 5.30. The summed E-state index contributed by atoms with van der Waals surface area (Å²) >= 11 is 1.94. The molecule has 0 amide bonds. The Labute approximate surface area is 193 Å². The zero-order valence-corrected chi connectivity index (χ0v) is 19.4. The van der Waals surface area contributed by atoms with Crippen LogP contribution in [0.25, 0.3) is 38.1 Å². The maximum absolute atomic E-state index is 2.43. The quantitative estimate of drug-likeness (QED) is 0.268. The number of hydrogen-bond donors (Lipinski definition) is 0. The maximum Gasteiger partial charge on any atom is 0.0348 e. The summed E-state index contributed by atoms with van der Waals surface area (Å²) in [6.45, 7) is 4.63. The molecule has 0 saturated carbocycles. The fraction of sp³-hybridized carbons (Fsp3) is 0.161. The lowest BCUT2D eigenvalue weighted by molar-refractivity contribution is 0.939. The molecule has 1 atom stereocenters. The average Bonchev–Trinajstić information content (AvgIpc) is 3.19. The molecule has 0 N–H and O–H groups in total. The van der Waals surface area contributed by atoms with Gasteiger partial charge < -0.3 is 0 Å². The van der Waals surface area contributed by atoms with Crippen LogP contribution in [0.3, 0.4) is 0 Å². The van der Waals surface area contributed by atoms with Gasteiger partial charge in [-0.2, -0.15) is 0 Å². The standard InChI is InChI=1S/C31H26S/c1-20(31-21(2)25-13-7-8-17-30(25)32-31)22-11-9-12-23(18-22)29-19-24-10-3-4-14-26(24)27-15-5-6-16-28(27)29/h3-5,7-15,17-20H,6,16H2,1-2H3/t20-/m0/s1. The van der Waals surface area contributed by atoms with Crippen molar-refractivity contribution in [1.29, 1.82) is 0 Å². The maximum atomic E-state index is 2.43. The lowest BCUT2D eigenvalue weighted by atomic mass is 9.84. The molecule has 0 radical (unpaired) electrons. The van der Waals surface area contributed by atoms with Crippen LogP contribution in [0.2, 0.25) is 0 Å². The van der Waals surface area contributed by atoms with E-state index in [9.17, 15) is 0 Å². The number of allylic oxidation sites excluding steroid dienone is 1. The average molecular weight is 431 g/mol. The number of thiophene rings is 1. The predicted molar refractivity (Wildman–Crippen MR) is 141 cm³/mol. The molecular weight excluding hydrogens is 404 g/mol. The highest BCUT2D eigenvalue weighted by atomic mass is 32.1. The van der Waals surface area contributed by atoms with Crippen molar-refractivity contribution >= 4 is 38.3 Å². The molecule has 6 rings (SSSR count). The first kappa shape index (κ1) is 19.5. The summed E-state index contributed by atoms with van der Waals surface area (Å²) in [7, 11) is 0. The molecule has 1 heterocycles. The molecule has 32 heavy (non-hydrogen) atoms. The largest absolute Gasteiger partial charge is 0.139 e. The Bertz CT molecular complexity index is 1500. The number of benzene rings is 4. The van der Waals surface area contributed by atoms with Gasteiger partial charge in [0.2, 0.25) is 0 Å². The Morgan fingerprint density at radius 2 is 1.66 bits per heavy atom. The summed E-state index contributed by atoms with van der Waals surface area (Å²) in [6, 6.07) is 29.3. The van der Waals surface area contributed by atoms with Crippen LogP contribution in [0.1, 0.15) is 46.4 Å². The van der Waals surface area contributed by atoms with E-state index in [0.29, 0.717) is 5.92 Å². The highest BCUT2D eigenvalue weighted by molar-refractivity contribution is 7.19. The minimum Gasteiger partial charge on any atom is -0.139 e. The third-order valence-corrected chi connectivity index (χ3v) is 8.47. The van der Waals surface area contributed by atoms with Gasteiger partial charge in [0, 0.05) is 15.5 Å². The first-order chi connectivity index (χ1) is 15.7. The second kappa shape index (κ2) is 7.76. The van der Waals surface area contributed by atoms with Gasteiger partial charge in [0.15, 0.2) is 0 Å². The third-order valence-electron chi connectivity index (χ3n) is 7.02. The number of hydrogen-bond acceptors (Lipinski definition) is 1. The monoisotopic (exact) mass is 430 g/mol. The summed E-state index contributed by atoms with van der Waals surface area (Å²) in [4.78, 5) is 1.48. The molecule has 0 spiro atoms. The second-order valence-electron chi connectivity index (χ2n) is 8.91. The van der Waals surface area contributed by atoms with Crippen LogP contribution in [-0.2, 0) is 6.42 Å². The molecule has 0 saturated heterocycles. The van der Waals surface area contributed by atoms with Crippen LogP contribution in [-0.4, -0.2) is 0 Å². The molecule has 156 valence electrons. The van der Waals surface area contributed by atoms with E-state index >= 15 is 0 Å². The molecule has 0 bridgehead atoms. The molecular formula is C31H26S. The highest BCUT2D eigenvalue weighted by Gasteiger charge is 2.19.